The fourth-order valence-electron chi connectivity index (χ4n) is 2.44. The molecule has 0 bridgehead atoms. The molecule has 2 aromatic rings. The van der Waals surface area contributed by atoms with Crippen LogP contribution in [0, 0.1) is 5.82 Å². The Balaban J connectivity index is 1.69. The number of carbonyl (C=O) groups excluding carboxylic acids is 2. The van der Waals surface area contributed by atoms with Gasteiger partial charge < -0.3 is 9.47 Å². The van der Waals surface area contributed by atoms with Crippen LogP contribution in [-0.2, 0) is 20.9 Å². The van der Waals surface area contributed by atoms with Gasteiger partial charge in [0.25, 0.3) is 0 Å². The summed E-state index contributed by atoms with van der Waals surface area (Å²) < 4.78 is 24.2. The van der Waals surface area contributed by atoms with Crippen molar-refractivity contribution in [3.63, 3.8) is 0 Å². The molecule has 1 heterocycles. The number of rotatable bonds is 4. The second-order valence-electron chi connectivity index (χ2n) is 5.30. The van der Waals surface area contributed by atoms with E-state index in [1.54, 1.807) is 42.5 Å². The van der Waals surface area contributed by atoms with Gasteiger partial charge in [0.05, 0.1) is 18.7 Å². The number of esters is 1. The predicted octanol–water partition coefficient (Wildman–Crippen LogP) is 2.68. The Bertz CT molecular complexity index is 762. The first-order valence-electron chi connectivity index (χ1n) is 7.56. The Hall–Kier alpha value is -2.89. The number of halogens is 1. The van der Waals surface area contributed by atoms with E-state index in [1.807, 2.05) is 0 Å². The van der Waals surface area contributed by atoms with Crippen LogP contribution in [0.15, 0.2) is 48.5 Å². The average Bonchev–Trinajstić information content (AvgIpc) is 2.74. The lowest BCUT2D eigenvalue weighted by molar-refractivity contribution is -0.144. The minimum atomic E-state index is -0.608. The van der Waals surface area contributed by atoms with Gasteiger partial charge in [-0.15, -0.1) is 0 Å². The van der Waals surface area contributed by atoms with Crippen molar-refractivity contribution in [2.45, 2.75) is 13.0 Å². The summed E-state index contributed by atoms with van der Waals surface area (Å²) >= 11 is 0. The highest BCUT2D eigenvalue weighted by atomic mass is 19.1. The molecule has 1 amide bonds. The average molecular weight is 329 g/mol. The fraction of sp³-hybridized carbons (Fsp3) is 0.222. The van der Waals surface area contributed by atoms with Gasteiger partial charge in [-0.3, -0.25) is 14.5 Å². The first-order chi connectivity index (χ1) is 11.6. The zero-order chi connectivity index (χ0) is 16.9. The van der Waals surface area contributed by atoms with Crippen molar-refractivity contribution in [2.75, 3.05) is 18.1 Å². The SMILES string of the molecule is O=C(CN1C(=O)CCOc2ccccc21)OCc1ccccc1F. The molecule has 6 heteroatoms. The van der Waals surface area contributed by atoms with Crippen LogP contribution in [0.4, 0.5) is 10.1 Å². The molecule has 0 aromatic heterocycles. The van der Waals surface area contributed by atoms with E-state index in [0.717, 1.165) is 0 Å². The maximum absolute atomic E-state index is 13.5. The smallest absolute Gasteiger partial charge is 0.326 e. The Morgan fingerprint density at radius 1 is 1.17 bits per heavy atom. The number of hydrogen-bond acceptors (Lipinski definition) is 4. The lowest BCUT2D eigenvalue weighted by Crippen LogP contribution is -2.36. The maximum atomic E-state index is 13.5. The van der Waals surface area contributed by atoms with E-state index in [1.165, 1.54) is 11.0 Å². The summed E-state index contributed by atoms with van der Waals surface area (Å²) in [4.78, 5) is 25.6. The van der Waals surface area contributed by atoms with Crippen LogP contribution in [0.5, 0.6) is 5.75 Å². The largest absolute Gasteiger partial charge is 0.491 e. The van der Waals surface area contributed by atoms with Crippen LogP contribution in [0.3, 0.4) is 0 Å². The van der Waals surface area contributed by atoms with E-state index in [2.05, 4.69) is 0 Å². The number of fused-ring (bicyclic) bond motifs is 1. The monoisotopic (exact) mass is 329 g/mol. The maximum Gasteiger partial charge on any atom is 0.326 e. The van der Waals surface area contributed by atoms with Crippen molar-refractivity contribution < 1.29 is 23.5 Å². The molecule has 24 heavy (non-hydrogen) atoms. The highest BCUT2D eigenvalue weighted by Gasteiger charge is 2.25. The fourth-order valence-corrected chi connectivity index (χ4v) is 2.44. The van der Waals surface area contributed by atoms with Crippen LogP contribution in [0.25, 0.3) is 0 Å². The van der Waals surface area contributed by atoms with Gasteiger partial charge >= 0.3 is 5.97 Å². The third-order valence-corrected chi connectivity index (χ3v) is 3.66. The molecular formula is C18H16FNO4. The lowest BCUT2D eigenvalue weighted by atomic mass is 10.2. The molecule has 2 aromatic carbocycles. The molecular weight excluding hydrogens is 313 g/mol. The number of benzene rings is 2. The van der Waals surface area contributed by atoms with Gasteiger partial charge in [0, 0.05) is 5.56 Å². The lowest BCUT2D eigenvalue weighted by Gasteiger charge is -2.20. The number of hydrogen-bond donors (Lipinski definition) is 0. The summed E-state index contributed by atoms with van der Waals surface area (Å²) in [6.45, 7) is -0.157. The minimum absolute atomic E-state index is 0.175. The Kier molecular flexibility index (Phi) is 4.74. The number of nitrogens with zero attached hydrogens (tertiary/aromatic N) is 1. The minimum Gasteiger partial charge on any atom is -0.491 e. The second kappa shape index (κ2) is 7.12. The van der Waals surface area contributed by atoms with Crippen LogP contribution in [0.1, 0.15) is 12.0 Å². The van der Waals surface area contributed by atoms with Gasteiger partial charge in [0.15, 0.2) is 0 Å². The third-order valence-electron chi connectivity index (χ3n) is 3.66. The predicted molar refractivity (Wildman–Crippen MR) is 85.1 cm³/mol. The van der Waals surface area contributed by atoms with Gasteiger partial charge in [-0.05, 0) is 18.2 Å². The molecule has 5 nitrogen and oxygen atoms in total. The van der Waals surface area contributed by atoms with Crippen molar-refractivity contribution in [3.05, 3.63) is 59.9 Å². The molecule has 0 fully saturated rings. The van der Waals surface area contributed by atoms with Crippen molar-refractivity contribution in [1.82, 2.24) is 0 Å². The summed E-state index contributed by atoms with van der Waals surface area (Å²) in [5.74, 6) is -0.716. The van der Waals surface area contributed by atoms with Crippen LogP contribution >= 0.6 is 0 Å². The van der Waals surface area contributed by atoms with Crippen molar-refractivity contribution in [1.29, 1.82) is 0 Å². The Labute approximate surface area is 138 Å². The highest BCUT2D eigenvalue weighted by molar-refractivity contribution is 5.99. The summed E-state index contributed by atoms with van der Waals surface area (Å²) in [5.41, 5.74) is 0.819. The topological polar surface area (TPSA) is 55.8 Å². The van der Waals surface area contributed by atoms with Crippen LogP contribution in [-0.4, -0.2) is 25.0 Å². The molecule has 0 unspecified atom stereocenters. The first-order valence-corrected chi connectivity index (χ1v) is 7.56. The molecule has 1 aliphatic heterocycles. The van der Waals surface area contributed by atoms with Gasteiger partial charge in [-0.25, -0.2) is 4.39 Å². The molecule has 0 spiro atoms. The number of para-hydroxylation sites is 2. The molecule has 0 radical (unpaired) electrons. The number of anilines is 1. The molecule has 3 rings (SSSR count). The van der Waals surface area contributed by atoms with Gasteiger partial charge in [-0.2, -0.15) is 0 Å². The number of amides is 1. The molecule has 0 aliphatic carbocycles. The number of carbonyl (C=O) groups is 2. The molecule has 124 valence electrons. The molecule has 0 atom stereocenters. The Morgan fingerprint density at radius 3 is 2.75 bits per heavy atom. The standard InChI is InChI=1S/C18H16FNO4/c19-14-6-2-1-5-13(14)12-24-18(22)11-20-15-7-3-4-8-16(15)23-10-9-17(20)21/h1-8H,9-12H2. The van der Waals surface area contributed by atoms with Gasteiger partial charge in [0.1, 0.15) is 24.7 Å². The van der Waals surface area contributed by atoms with E-state index in [-0.39, 0.29) is 37.6 Å². The zero-order valence-electron chi connectivity index (χ0n) is 12.9. The van der Waals surface area contributed by atoms with E-state index in [9.17, 15) is 14.0 Å². The number of ether oxygens (including phenoxy) is 2. The van der Waals surface area contributed by atoms with Crippen molar-refractivity contribution in [2.24, 2.45) is 0 Å². The molecule has 1 aliphatic rings. The molecule has 0 saturated carbocycles. The quantitative estimate of drug-likeness (QED) is 0.809. The highest BCUT2D eigenvalue weighted by Crippen LogP contribution is 2.30. The zero-order valence-corrected chi connectivity index (χ0v) is 12.9. The van der Waals surface area contributed by atoms with Crippen LogP contribution < -0.4 is 9.64 Å². The summed E-state index contributed by atoms with van der Waals surface area (Å²) in [6, 6.07) is 13.1. The van der Waals surface area contributed by atoms with Crippen molar-refractivity contribution >= 4 is 17.6 Å². The van der Waals surface area contributed by atoms with E-state index in [4.69, 9.17) is 9.47 Å². The van der Waals surface area contributed by atoms with Gasteiger partial charge in [0.2, 0.25) is 5.91 Å². The summed E-state index contributed by atoms with van der Waals surface area (Å²) in [7, 11) is 0. The van der Waals surface area contributed by atoms with Crippen molar-refractivity contribution in [3.8, 4) is 5.75 Å². The Morgan fingerprint density at radius 2 is 1.92 bits per heavy atom. The second-order valence-corrected chi connectivity index (χ2v) is 5.30. The van der Waals surface area contributed by atoms with E-state index in [0.29, 0.717) is 11.4 Å². The summed E-state index contributed by atoms with van der Waals surface area (Å²) in [6.07, 6.45) is 0.176. The molecule has 0 N–H and O–H groups in total. The first kappa shape index (κ1) is 16.0. The normalized spacial score (nSPS) is 13.7. The van der Waals surface area contributed by atoms with E-state index < -0.39 is 11.8 Å². The molecule has 0 saturated heterocycles. The summed E-state index contributed by atoms with van der Waals surface area (Å²) in [5, 5.41) is 0. The van der Waals surface area contributed by atoms with Crippen LogP contribution in [0.2, 0.25) is 0 Å². The van der Waals surface area contributed by atoms with Gasteiger partial charge in [-0.1, -0.05) is 30.3 Å². The van der Waals surface area contributed by atoms with E-state index >= 15 is 0 Å². The third kappa shape index (κ3) is 3.53.